The molecule has 0 spiro atoms. The molecule has 7 heteroatoms. The number of carboxylic acid groups (broad SMARTS) is 1. The van der Waals surface area contributed by atoms with Gasteiger partial charge >= 0.3 is 5.97 Å². The van der Waals surface area contributed by atoms with Gasteiger partial charge in [0.05, 0.1) is 4.47 Å². The summed E-state index contributed by atoms with van der Waals surface area (Å²) in [5.41, 5.74) is -1.05. The quantitative estimate of drug-likeness (QED) is 0.882. The molecule has 0 atom stereocenters. The standard InChI is InChI=1S/C12H12BrNO5/c1-12(2,11(16)17)14-10(15)6-3-7(13)9-8(4-6)18-5-19-9/h3-4H,5H2,1-2H3,(H,14,15)(H,16,17). The molecule has 0 aliphatic carbocycles. The Bertz CT molecular complexity index is 555. The van der Waals surface area contributed by atoms with Gasteiger partial charge in [0, 0.05) is 5.56 Å². The van der Waals surface area contributed by atoms with E-state index >= 15 is 0 Å². The first-order valence-electron chi connectivity index (χ1n) is 5.46. The third-order valence-electron chi connectivity index (χ3n) is 2.65. The predicted molar refractivity (Wildman–Crippen MR) is 69.4 cm³/mol. The van der Waals surface area contributed by atoms with Gasteiger partial charge in [0.25, 0.3) is 5.91 Å². The van der Waals surface area contributed by atoms with Gasteiger partial charge in [-0.3, -0.25) is 4.79 Å². The van der Waals surface area contributed by atoms with E-state index in [0.29, 0.717) is 21.5 Å². The molecule has 102 valence electrons. The minimum Gasteiger partial charge on any atom is -0.480 e. The van der Waals surface area contributed by atoms with Crippen LogP contribution in [0.15, 0.2) is 16.6 Å². The van der Waals surface area contributed by atoms with Crippen LogP contribution in [0.2, 0.25) is 0 Å². The molecular formula is C12H12BrNO5. The third-order valence-corrected chi connectivity index (χ3v) is 3.24. The number of benzene rings is 1. The lowest BCUT2D eigenvalue weighted by atomic mass is 10.1. The maximum absolute atomic E-state index is 12.0. The Morgan fingerprint density at radius 1 is 1.37 bits per heavy atom. The molecule has 1 aromatic rings. The van der Waals surface area contributed by atoms with Gasteiger partial charge in [0.2, 0.25) is 6.79 Å². The maximum Gasteiger partial charge on any atom is 0.328 e. The van der Waals surface area contributed by atoms with E-state index in [1.807, 2.05) is 0 Å². The molecule has 0 aromatic heterocycles. The van der Waals surface area contributed by atoms with E-state index < -0.39 is 17.4 Å². The lowest BCUT2D eigenvalue weighted by molar-refractivity contribution is -0.143. The first kappa shape index (κ1) is 13.7. The summed E-state index contributed by atoms with van der Waals surface area (Å²) in [5.74, 6) is -0.617. The van der Waals surface area contributed by atoms with E-state index in [2.05, 4.69) is 21.2 Å². The fraction of sp³-hybridized carbons (Fsp3) is 0.333. The van der Waals surface area contributed by atoms with E-state index in [9.17, 15) is 9.59 Å². The topological polar surface area (TPSA) is 84.9 Å². The summed E-state index contributed by atoms with van der Waals surface area (Å²) in [6.45, 7) is 2.92. The van der Waals surface area contributed by atoms with Gasteiger partial charge in [-0.1, -0.05) is 0 Å². The SMILES string of the molecule is CC(C)(NC(=O)c1cc(Br)c2c(c1)OCO2)C(=O)O. The second-order valence-electron chi connectivity index (χ2n) is 4.58. The van der Waals surface area contributed by atoms with Gasteiger partial charge in [0.1, 0.15) is 5.54 Å². The highest BCUT2D eigenvalue weighted by atomic mass is 79.9. The second-order valence-corrected chi connectivity index (χ2v) is 5.43. The summed E-state index contributed by atoms with van der Waals surface area (Å²) in [4.78, 5) is 23.0. The lowest BCUT2D eigenvalue weighted by Crippen LogP contribution is -2.49. The van der Waals surface area contributed by atoms with Crippen LogP contribution in [-0.4, -0.2) is 29.3 Å². The number of carbonyl (C=O) groups excluding carboxylic acids is 1. The molecule has 1 heterocycles. The molecule has 0 saturated carbocycles. The molecule has 1 aromatic carbocycles. The number of carbonyl (C=O) groups is 2. The van der Waals surface area contributed by atoms with E-state index in [4.69, 9.17) is 14.6 Å². The number of carboxylic acids is 1. The normalized spacial score (nSPS) is 13.2. The van der Waals surface area contributed by atoms with Crippen LogP contribution in [-0.2, 0) is 4.79 Å². The van der Waals surface area contributed by atoms with Crippen LogP contribution in [0.4, 0.5) is 0 Å². The minimum absolute atomic E-state index is 0.0968. The molecule has 1 aliphatic heterocycles. The van der Waals surface area contributed by atoms with Crippen molar-refractivity contribution in [2.75, 3.05) is 6.79 Å². The maximum atomic E-state index is 12.0. The zero-order chi connectivity index (χ0) is 14.2. The molecule has 0 unspecified atom stereocenters. The summed E-state index contributed by atoms with van der Waals surface area (Å²) < 4.78 is 11.0. The Labute approximate surface area is 117 Å². The van der Waals surface area contributed by atoms with Crippen LogP contribution in [0.25, 0.3) is 0 Å². The van der Waals surface area contributed by atoms with E-state index in [0.717, 1.165) is 0 Å². The summed E-state index contributed by atoms with van der Waals surface area (Å²) in [7, 11) is 0. The smallest absolute Gasteiger partial charge is 0.328 e. The Morgan fingerprint density at radius 3 is 2.68 bits per heavy atom. The van der Waals surface area contributed by atoms with Crippen LogP contribution in [0.3, 0.4) is 0 Å². The highest BCUT2D eigenvalue weighted by molar-refractivity contribution is 9.10. The number of hydrogen-bond donors (Lipinski definition) is 2. The minimum atomic E-state index is -1.35. The van der Waals surface area contributed by atoms with Crippen LogP contribution < -0.4 is 14.8 Å². The Balaban J connectivity index is 2.26. The summed E-state index contributed by atoms with van der Waals surface area (Å²) in [6, 6.07) is 3.07. The number of fused-ring (bicyclic) bond motifs is 1. The van der Waals surface area contributed by atoms with Crippen LogP contribution >= 0.6 is 15.9 Å². The number of halogens is 1. The zero-order valence-electron chi connectivity index (χ0n) is 10.3. The van der Waals surface area contributed by atoms with Crippen molar-refractivity contribution < 1.29 is 24.2 Å². The van der Waals surface area contributed by atoms with Gasteiger partial charge < -0.3 is 19.9 Å². The van der Waals surface area contributed by atoms with E-state index in [1.165, 1.54) is 19.9 Å². The van der Waals surface area contributed by atoms with Crippen LogP contribution in [0, 0.1) is 0 Å². The lowest BCUT2D eigenvalue weighted by Gasteiger charge is -2.21. The highest BCUT2D eigenvalue weighted by Crippen LogP contribution is 2.39. The number of nitrogens with one attached hydrogen (secondary N) is 1. The van der Waals surface area contributed by atoms with Crippen molar-refractivity contribution in [3.05, 3.63) is 22.2 Å². The molecule has 0 bridgehead atoms. The average molecular weight is 330 g/mol. The fourth-order valence-electron chi connectivity index (χ4n) is 1.51. The van der Waals surface area contributed by atoms with Crippen LogP contribution in [0.5, 0.6) is 11.5 Å². The second kappa shape index (κ2) is 4.73. The van der Waals surface area contributed by atoms with Gasteiger partial charge in [-0.25, -0.2) is 4.79 Å². The van der Waals surface area contributed by atoms with Crippen molar-refractivity contribution in [1.29, 1.82) is 0 Å². The monoisotopic (exact) mass is 329 g/mol. The molecule has 0 saturated heterocycles. The van der Waals surface area contributed by atoms with Crippen molar-refractivity contribution in [2.24, 2.45) is 0 Å². The van der Waals surface area contributed by atoms with Gasteiger partial charge in [0.15, 0.2) is 11.5 Å². The Hall–Kier alpha value is -1.76. The van der Waals surface area contributed by atoms with Gasteiger partial charge in [-0.05, 0) is 41.9 Å². The fourth-order valence-corrected chi connectivity index (χ4v) is 2.06. The predicted octanol–water partition coefficient (Wildman–Crippen LogP) is 1.77. The molecule has 1 amide bonds. The van der Waals surface area contributed by atoms with E-state index in [1.54, 1.807) is 6.07 Å². The molecule has 19 heavy (non-hydrogen) atoms. The number of amides is 1. The van der Waals surface area contributed by atoms with Gasteiger partial charge in [-0.2, -0.15) is 0 Å². The number of aliphatic carboxylic acids is 1. The average Bonchev–Trinajstić information content (AvgIpc) is 2.76. The molecule has 6 nitrogen and oxygen atoms in total. The van der Waals surface area contributed by atoms with Crippen molar-refractivity contribution in [3.63, 3.8) is 0 Å². The summed E-state index contributed by atoms with van der Waals surface area (Å²) in [5, 5.41) is 11.4. The largest absolute Gasteiger partial charge is 0.480 e. The number of rotatable bonds is 3. The number of ether oxygens (including phenoxy) is 2. The van der Waals surface area contributed by atoms with Crippen LogP contribution in [0.1, 0.15) is 24.2 Å². The third kappa shape index (κ3) is 2.65. The first-order chi connectivity index (χ1) is 8.81. The van der Waals surface area contributed by atoms with E-state index in [-0.39, 0.29) is 6.79 Å². The summed E-state index contributed by atoms with van der Waals surface area (Å²) >= 11 is 3.27. The molecule has 0 fully saturated rings. The van der Waals surface area contributed by atoms with Gasteiger partial charge in [-0.15, -0.1) is 0 Å². The Morgan fingerprint density at radius 2 is 2.05 bits per heavy atom. The van der Waals surface area contributed by atoms with Crippen molar-refractivity contribution in [1.82, 2.24) is 5.32 Å². The molecule has 2 N–H and O–H groups in total. The molecule has 0 radical (unpaired) electrons. The molecule has 1 aliphatic rings. The molecule has 2 rings (SSSR count). The van der Waals surface area contributed by atoms with Crippen molar-refractivity contribution in [3.8, 4) is 11.5 Å². The summed E-state index contributed by atoms with van der Waals surface area (Å²) in [6.07, 6.45) is 0. The zero-order valence-corrected chi connectivity index (χ0v) is 11.9. The van der Waals surface area contributed by atoms with Crippen molar-refractivity contribution >= 4 is 27.8 Å². The first-order valence-corrected chi connectivity index (χ1v) is 6.25. The van der Waals surface area contributed by atoms with Crippen molar-refractivity contribution in [2.45, 2.75) is 19.4 Å². The molecular weight excluding hydrogens is 318 g/mol. The Kier molecular flexibility index (Phi) is 3.40. The number of hydrogen-bond acceptors (Lipinski definition) is 4. The highest BCUT2D eigenvalue weighted by Gasteiger charge is 2.30.